The summed E-state index contributed by atoms with van der Waals surface area (Å²) in [5.74, 6) is -0.187. The number of pyridine rings is 2. The summed E-state index contributed by atoms with van der Waals surface area (Å²) in [4.78, 5) is 72.1. The Morgan fingerprint density at radius 3 is 2.58 bits per heavy atom. The van der Waals surface area contributed by atoms with Crippen molar-refractivity contribution in [2.24, 2.45) is 0 Å². The van der Waals surface area contributed by atoms with Crippen molar-refractivity contribution < 1.29 is 28.7 Å². The molecule has 8 rings (SSSR count). The lowest BCUT2D eigenvalue weighted by Crippen LogP contribution is -2.54. The largest absolute Gasteiger partial charge is 0.490 e. The molecule has 48 heavy (non-hydrogen) atoms. The summed E-state index contributed by atoms with van der Waals surface area (Å²) in [6, 6.07) is 20.3. The second-order valence-electron chi connectivity index (χ2n) is 12.1. The molecular formula is C36H26BN4O7. The molecule has 12 heteroatoms. The van der Waals surface area contributed by atoms with Crippen LogP contribution in [0.15, 0.2) is 83.8 Å². The minimum Gasteiger partial charge on any atom is -0.490 e. The molecule has 0 saturated carbocycles. The molecule has 3 aromatic carbocycles. The third-order valence-corrected chi connectivity index (χ3v) is 8.85. The van der Waals surface area contributed by atoms with Crippen LogP contribution < -0.4 is 31.3 Å². The van der Waals surface area contributed by atoms with Crippen molar-refractivity contribution in [1.29, 1.82) is 0 Å². The van der Waals surface area contributed by atoms with Crippen molar-refractivity contribution in [3.8, 4) is 28.4 Å². The molecular weight excluding hydrogens is 611 g/mol. The van der Waals surface area contributed by atoms with E-state index in [2.05, 4.69) is 15.3 Å². The summed E-state index contributed by atoms with van der Waals surface area (Å²) in [7, 11) is 1.77. The van der Waals surface area contributed by atoms with Gasteiger partial charge < -0.3 is 14.5 Å². The molecule has 2 N–H and O–H groups in total. The number of rotatable bonds is 6. The van der Waals surface area contributed by atoms with Crippen LogP contribution in [0.4, 0.5) is 0 Å². The molecule has 0 aliphatic carbocycles. The highest BCUT2D eigenvalue weighted by molar-refractivity contribution is 6.69. The van der Waals surface area contributed by atoms with Crippen LogP contribution >= 0.6 is 0 Å². The van der Waals surface area contributed by atoms with Gasteiger partial charge in [-0.15, -0.1) is 0 Å². The van der Waals surface area contributed by atoms with Gasteiger partial charge in [-0.3, -0.25) is 34.2 Å². The lowest BCUT2D eigenvalue weighted by Gasteiger charge is -2.27. The summed E-state index contributed by atoms with van der Waals surface area (Å²) in [6.45, 7) is 2.02. The van der Waals surface area contributed by atoms with Gasteiger partial charge in [0.25, 0.3) is 17.4 Å². The zero-order valence-corrected chi connectivity index (χ0v) is 25.6. The van der Waals surface area contributed by atoms with Gasteiger partial charge >= 0.3 is 0 Å². The summed E-state index contributed by atoms with van der Waals surface area (Å²) in [5, 5.41) is 2.85. The first-order valence-electron chi connectivity index (χ1n) is 15.5. The topological polar surface area (TPSA) is 148 Å². The van der Waals surface area contributed by atoms with E-state index in [9.17, 15) is 24.0 Å². The number of piperidine rings is 1. The van der Waals surface area contributed by atoms with Crippen molar-refractivity contribution >= 4 is 52.9 Å². The highest BCUT2D eigenvalue weighted by Gasteiger charge is 2.45. The van der Waals surface area contributed by atoms with E-state index in [0.29, 0.717) is 39.1 Å². The quantitative estimate of drug-likeness (QED) is 0.214. The first-order chi connectivity index (χ1) is 23.2. The fourth-order valence-electron chi connectivity index (χ4n) is 6.57. The minimum atomic E-state index is -1.05. The molecule has 3 aliphatic rings. The Morgan fingerprint density at radius 1 is 0.938 bits per heavy atom. The van der Waals surface area contributed by atoms with Crippen LogP contribution in [0.3, 0.4) is 0 Å². The first kappa shape index (κ1) is 29.4. The number of aromatic nitrogens is 2. The molecule has 1 radical (unpaired) electrons. The number of hydrogen-bond donors (Lipinski definition) is 2. The smallest absolute Gasteiger partial charge is 0.262 e. The Balaban J connectivity index is 1.06. The van der Waals surface area contributed by atoms with E-state index in [1.165, 1.54) is 0 Å². The van der Waals surface area contributed by atoms with Gasteiger partial charge in [0, 0.05) is 35.7 Å². The fraction of sp³-hybridized carbons (Fsp3) is 0.167. The number of nitrogens with one attached hydrogen (secondary N) is 2. The van der Waals surface area contributed by atoms with Gasteiger partial charge in [0.05, 0.1) is 10.9 Å². The van der Waals surface area contributed by atoms with Crippen LogP contribution in [0.25, 0.3) is 22.2 Å². The molecule has 11 nitrogen and oxygen atoms in total. The highest BCUT2D eigenvalue weighted by atomic mass is 16.5. The van der Waals surface area contributed by atoms with Gasteiger partial charge in [-0.1, -0.05) is 47.3 Å². The van der Waals surface area contributed by atoms with Gasteiger partial charge in [0.15, 0.2) is 7.28 Å². The van der Waals surface area contributed by atoms with Gasteiger partial charge in [-0.2, -0.15) is 0 Å². The summed E-state index contributed by atoms with van der Waals surface area (Å²) >= 11 is 0. The second-order valence-corrected chi connectivity index (χ2v) is 12.1. The first-order valence-corrected chi connectivity index (χ1v) is 15.5. The Morgan fingerprint density at radius 2 is 1.77 bits per heavy atom. The van der Waals surface area contributed by atoms with E-state index in [4.69, 9.17) is 9.47 Å². The maximum Gasteiger partial charge on any atom is 0.262 e. The van der Waals surface area contributed by atoms with Gasteiger partial charge in [0.2, 0.25) is 11.8 Å². The molecule has 0 bridgehead atoms. The molecule has 1 fully saturated rings. The van der Waals surface area contributed by atoms with Crippen LogP contribution in [-0.2, 0) is 16.0 Å². The van der Waals surface area contributed by atoms with Crippen LogP contribution in [0.1, 0.15) is 46.0 Å². The molecule has 2 atom stereocenters. The second kappa shape index (κ2) is 11.3. The highest BCUT2D eigenvalue weighted by Crippen LogP contribution is 2.35. The van der Waals surface area contributed by atoms with Crippen LogP contribution in [0.2, 0.25) is 0 Å². The van der Waals surface area contributed by atoms with E-state index >= 15 is 0 Å². The number of aromatic amines is 1. The van der Waals surface area contributed by atoms with Crippen LogP contribution in [-0.4, -0.2) is 57.9 Å². The van der Waals surface area contributed by atoms with Crippen molar-refractivity contribution in [1.82, 2.24) is 20.2 Å². The van der Waals surface area contributed by atoms with Crippen LogP contribution in [0, 0.1) is 0 Å². The Labute approximate surface area is 274 Å². The summed E-state index contributed by atoms with van der Waals surface area (Å²) in [6.07, 6.45) is 2.63. The molecule has 235 valence electrons. The number of benzene rings is 3. The Kier molecular flexibility index (Phi) is 6.94. The normalized spacial score (nSPS) is 18.4. The fourth-order valence-corrected chi connectivity index (χ4v) is 6.57. The molecule has 3 aliphatic heterocycles. The van der Waals surface area contributed by atoms with Gasteiger partial charge in [0.1, 0.15) is 35.0 Å². The van der Waals surface area contributed by atoms with Crippen LogP contribution in [0.5, 0.6) is 17.2 Å². The zero-order chi connectivity index (χ0) is 33.1. The number of amides is 4. The van der Waals surface area contributed by atoms with Crippen molar-refractivity contribution in [3.63, 3.8) is 0 Å². The SMILES string of the molecule is CC1Cc2cc(Oc3ccnc4[nH]c(=O)c(-c5ccc([B]c6cccc7c6C(=O)N(C6CCC(=O)NC6=O)C7=O)cc5)cc34)ccc2O1. The average molecular weight is 637 g/mol. The number of carbonyl (C=O) groups excluding carboxylic acids is 4. The van der Waals surface area contributed by atoms with Crippen molar-refractivity contribution in [2.75, 3.05) is 0 Å². The number of H-pyrrole nitrogens is 1. The predicted molar refractivity (Wildman–Crippen MR) is 176 cm³/mol. The predicted octanol–water partition coefficient (Wildman–Crippen LogP) is 2.76. The number of fused-ring (bicyclic) bond motifs is 3. The molecule has 4 amide bonds. The van der Waals surface area contributed by atoms with Crippen molar-refractivity contribution in [3.05, 3.63) is 106 Å². The number of imide groups is 2. The number of ether oxygens (including phenoxy) is 2. The molecule has 2 aromatic heterocycles. The maximum atomic E-state index is 13.5. The maximum absolute atomic E-state index is 13.5. The lowest BCUT2D eigenvalue weighted by molar-refractivity contribution is -0.136. The monoisotopic (exact) mass is 637 g/mol. The Bertz CT molecular complexity index is 2270. The van der Waals surface area contributed by atoms with E-state index in [0.717, 1.165) is 28.1 Å². The average Bonchev–Trinajstić information content (AvgIpc) is 3.56. The number of hydrogen-bond acceptors (Lipinski definition) is 8. The van der Waals surface area contributed by atoms with E-state index in [-0.39, 0.29) is 35.6 Å². The third-order valence-electron chi connectivity index (χ3n) is 8.85. The molecule has 2 unspecified atom stereocenters. The number of nitrogens with zero attached hydrogens (tertiary/aromatic N) is 2. The van der Waals surface area contributed by atoms with Gasteiger partial charge in [-0.05, 0) is 55.3 Å². The molecule has 5 heterocycles. The standard InChI is InChI=1S/C36H26BN4O7/c1-18-15-20-16-22(9-11-28(20)47-18)48-29-13-14-38-32-25(29)17-24(33(43)40-32)19-5-7-21(8-6-19)37-26-4-2-3-23-31(26)36(46)41(35(23)45)27-10-12-30(42)39-34(27)44/h2-9,11,13-14,16-18,27H,10,12,15H2,1H3,(H,38,40,43)(H,39,42,44). The summed E-state index contributed by atoms with van der Waals surface area (Å²) < 4.78 is 12.1. The van der Waals surface area contributed by atoms with Gasteiger partial charge in [-0.25, -0.2) is 4.98 Å². The minimum absolute atomic E-state index is 0.0455. The summed E-state index contributed by atoms with van der Waals surface area (Å²) in [5.41, 5.74) is 3.87. The molecule has 5 aromatic rings. The van der Waals surface area contributed by atoms with E-state index < -0.39 is 29.7 Å². The number of carbonyl (C=O) groups is 4. The van der Waals surface area contributed by atoms with E-state index in [1.807, 2.05) is 37.3 Å². The van der Waals surface area contributed by atoms with E-state index in [1.54, 1.807) is 55.9 Å². The zero-order valence-electron chi connectivity index (χ0n) is 25.6. The molecule has 1 saturated heterocycles. The third kappa shape index (κ3) is 5.02. The Hall–Kier alpha value is -6.04. The van der Waals surface area contributed by atoms with Crippen molar-refractivity contribution in [2.45, 2.75) is 38.3 Å². The lowest BCUT2D eigenvalue weighted by atomic mass is 9.62. The molecule has 0 spiro atoms.